The van der Waals surface area contributed by atoms with Crippen LogP contribution in [0.25, 0.3) is 21.7 Å². The first-order valence-electron chi connectivity index (χ1n) is 8.67. The number of amides is 1. The maximum Gasteiger partial charge on any atom is 0.411 e. The highest BCUT2D eigenvalue weighted by Crippen LogP contribution is 2.37. The molecule has 1 amide bonds. The van der Waals surface area contributed by atoms with Crippen molar-refractivity contribution in [2.45, 2.75) is 6.92 Å². The molecule has 0 radical (unpaired) electrons. The van der Waals surface area contributed by atoms with Gasteiger partial charge in [0.25, 0.3) is 0 Å². The predicted molar refractivity (Wildman–Crippen MR) is 104 cm³/mol. The summed E-state index contributed by atoms with van der Waals surface area (Å²) in [5.74, 6) is -0.219. The average molecular weight is 359 g/mol. The second kappa shape index (κ2) is 6.96. The van der Waals surface area contributed by atoms with E-state index < -0.39 is 6.09 Å². The zero-order valence-corrected chi connectivity index (χ0v) is 14.7. The third-order valence-corrected chi connectivity index (χ3v) is 4.32. The standard InChI is InChI=1S/C22H17NO4/c1-2-26-22(25)23-19-18-16-11-7-6-8-14(16)12-13-17(18)27-21(19)20(24)15-9-4-3-5-10-15/h3-13H,2H2,1H3,(H,23,25). The van der Waals surface area contributed by atoms with Crippen molar-refractivity contribution in [3.05, 3.63) is 78.1 Å². The average Bonchev–Trinajstić information content (AvgIpc) is 3.07. The molecule has 5 heteroatoms. The number of fused-ring (bicyclic) bond motifs is 3. The van der Waals surface area contributed by atoms with E-state index in [0.29, 0.717) is 22.2 Å². The van der Waals surface area contributed by atoms with E-state index in [1.54, 1.807) is 37.3 Å². The molecule has 5 nitrogen and oxygen atoms in total. The van der Waals surface area contributed by atoms with Crippen molar-refractivity contribution in [3.63, 3.8) is 0 Å². The number of benzene rings is 3. The first-order chi connectivity index (χ1) is 13.2. The summed E-state index contributed by atoms with van der Waals surface area (Å²) in [4.78, 5) is 25.1. The highest BCUT2D eigenvalue weighted by molar-refractivity contribution is 6.22. The molecule has 0 saturated heterocycles. The van der Waals surface area contributed by atoms with Gasteiger partial charge in [0, 0.05) is 5.56 Å². The monoisotopic (exact) mass is 359 g/mol. The van der Waals surface area contributed by atoms with E-state index >= 15 is 0 Å². The van der Waals surface area contributed by atoms with Crippen LogP contribution in [0.15, 0.2) is 71.1 Å². The van der Waals surface area contributed by atoms with Gasteiger partial charge in [-0.3, -0.25) is 10.1 Å². The van der Waals surface area contributed by atoms with Crippen molar-refractivity contribution in [2.75, 3.05) is 11.9 Å². The minimum Gasteiger partial charge on any atom is -0.450 e. The van der Waals surface area contributed by atoms with Gasteiger partial charge in [-0.2, -0.15) is 0 Å². The molecule has 0 fully saturated rings. The van der Waals surface area contributed by atoms with E-state index in [2.05, 4.69) is 5.32 Å². The maximum atomic E-state index is 13.0. The molecule has 0 atom stereocenters. The molecule has 3 aromatic carbocycles. The molecule has 134 valence electrons. The van der Waals surface area contributed by atoms with Gasteiger partial charge in [0.15, 0.2) is 5.76 Å². The highest BCUT2D eigenvalue weighted by Gasteiger charge is 2.25. The summed E-state index contributed by atoms with van der Waals surface area (Å²) in [7, 11) is 0. The summed E-state index contributed by atoms with van der Waals surface area (Å²) in [5.41, 5.74) is 1.33. The smallest absolute Gasteiger partial charge is 0.411 e. The van der Waals surface area contributed by atoms with Crippen LogP contribution in [-0.2, 0) is 4.74 Å². The number of hydrogen-bond acceptors (Lipinski definition) is 4. The van der Waals surface area contributed by atoms with E-state index in [4.69, 9.17) is 9.15 Å². The van der Waals surface area contributed by atoms with E-state index in [0.717, 1.165) is 10.8 Å². The predicted octanol–water partition coefficient (Wildman–Crippen LogP) is 5.39. The fourth-order valence-corrected chi connectivity index (χ4v) is 3.14. The van der Waals surface area contributed by atoms with Crippen LogP contribution in [0.4, 0.5) is 10.5 Å². The molecule has 0 bridgehead atoms. The molecule has 1 heterocycles. The molecule has 0 aliphatic heterocycles. The van der Waals surface area contributed by atoms with Crippen LogP contribution >= 0.6 is 0 Å². The summed E-state index contributed by atoms with van der Waals surface area (Å²) in [6, 6.07) is 20.3. The molecular formula is C22H17NO4. The second-order valence-electron chi connectivity index (χ2n) is 6.01. The minimum absolute atomic E-state index is 0.0839. The van der Waals surface area contributed by atoms with Crippen LogP contribution in [0.5, 0.6) is 0 Å². The molecule has 4 aromatic rings. The number of furan rings is 1. The lowest BCUT2D eigenvalue weighted by Crippen LogP contribution is -2.15. The third kappa shape index (κ3) is 3.04. The number of carbonyl (C=O) groups is 2. The lowest BCUT2D eigenvalue weighted by molar-refractivity contribution is 0.101. The molecule has 1 N–H and O–H groups in total. The molecule has 0 spiro atoms. The molecule has 0 aliphatic rings. The summed E-state index contributed by atoms with van der Waals surface area (Å²) in [6.07, 6.45) is -0.629. The first kappa shape index (κ1) is 16.8. The minimum atomic E-state index is -0.629. The Kier molecular flexibility index (Phi) is 4.34. The number of carbonyl (C=O) groups excluding carboxylic acids is 2. The van der Waals surface area contributed by atoms with Crippen LogP contribution < -0.4 is 5.32 Å². The zero-order chi connectivity index (χ0) is 18.8. The number of ketones is 1. The van der Waals surface area contributed by atoms with Gasteiger partial charge in [-0.1, -0.05) is 60.7 Å². The Morgan fingerprint density at radius 1 is 0.963 bits per heavy atom. The van der Waals surface area contributed by atoms with Crippen molar-refractivity contribution in [3.8, 4) is 0 Å². The van der Waals surface area contributed by atoms with Gasteiger partial charge in [0.05, 0.1) is 12.0 Å². The van der Waals surface area contributed by atoms with Crippen LogP contribution in [0, 0.1) is 0 Å². The topological polar surface area (TPSA) is 68.5 Å². The fraction of sp³-hybridized carbons (Fsp3) is 0.0909. The normalized spacial score (nSPS) is 10.9. The Morgan fingerprint density at radius 2 is 1.70 bits per heavy atom. The molecule has 27 heavy (non-hydrogen) atoms. The van der Waals surface area contributed by atoms with Gasteiger partial charge in [-0.25, -0.2) is 4.79 Å². The molecule has 0 aliphatic carbocycles. The molecule has 4 rings (SSSR count). The second-order valence-corrected chi connectivity index (χ2v) is 6.01. The fourth-order valence-electron chi connectivity index (χ4n) is 3.14. The first-order valence-corrected chi connectivity index (χ1v) is 8.67. The number of hydrogen-bond donors (Lipinski definition) is 1. The van der Waals surface area contributed by atoms with Gasteiger partial charge < -0.3 is 9.15 Å². The lowest BCUT2D eigenvalue weighted by atomic mass is 10.0. The van der Waals surface area contributed by atoms with Crippen molar-refractivity contribution in [1.82, 2.24) is 0 Å². The highest BCUT2D eigenvalue weighted by atomic mass is 16.5. The Morgan fingerprint density at radius 3 is 2.48 bits per heavy atom. The van der Waals surface area contributed by atoms with E-state index in [9.17, 15) is 9.59 Å². The van der Waals surface area contributed by atoms with E-state index in [1.165, 1.54) is 0 Å². The molecule has 0 saturated carbocycles. The maximum absolute atomic E-state index is 13.0. The summed E-state index contributed by atoms with van der Waals surface area (Å²) in [5, 5.41) is 5.25. The van der Waals surface area contributed by atoms with Gasteiger partial charge in [-0.05, 0) is 23.8 Å². The van der Waals surface area contributed by atoms with Gasteiger partial charge in [-0.15, -0.1) is 0 Å². The van der Waals surface area contributed by atoms with E-state index in [-0.39, 0.29) is 18.2 Å². The van der Waals surface area contributed by atoms with Gasteiger partial charge >= 0.3 is 6.09 Å². The van der Waals surface area contributed by atoms with Crippen LogP contribution in [0.1, 0.15) is 23.0 Å². The Bertz CT molecular complexity index is 1150. The zero-order valence-electron chi connectivity index (χ0n) is 14.7. The van der Waals surface area contributed by atoms with Gasteiger partial charge in [0.2, 0.25) is 5.78 Å². The lowest BCUT2D eigenvalue weighted by Gasteiger charge is -2.07. The number of anilines is 1. The van der Waals surface area contributed by atoms with Crippen molar-refractivity contribution >= 4 is 39.3 Å². The summed E-state index contributed by atoms with van der Waals surface area (Å²) < 4.78 is 10.9. The largest absolute Gasteiger partial charge is 0.450 e. The van der Waals surface area contributed by atoms with Crippen LogP contribution in [0.3, 0.4) is 0 Å². The van der Waals surface area contributed by atoms with Crippen LogP contribution in [-0.4, -0.2) is 18.5 Å². The van der Waals surface area contributed by atoms with Crippen molar-refractivity contribution in [2.24, 2.45) is 0 Å². The van der Waals surface area contributed by atoms with Crippen LogP contribution in [0.2, 0.25) is 0 Å². The van der Waals surface area contributed by atoms with Crippen molar-refractivity contribution < 1.29 is 18.7 Å². The quantitative estimate of drug-likeness (QED) is 0.496. The summed E-state index contributed by atoms with van der Waals surface area (Å²) in [6.45, 7) is 1.95. The van der Waals surface area contributed by atoms with Gasteiger partial charge in [0.1, 0.15) is 11.3 Å². The van der Waals surface area contributed by atoms with Crippen molar-refractivity contribution in [1.29, 1.82) is 0 Å². The van der Waals surface area contributed by atoms with E-state index in [1.807, 2.05) is 36.4 Å². The number of nitrogens with one attached hydrogen (secondary N) is 1. The molecule has 0 unspecified atom stereocenters. The number of rotatable bonds is 4. The Balaban J connectivity index is 1.96. The Hall–Kier alpha value is -3.60. The molecular weight excluding hydrogens is 342 g/mol. The Labute approximate surface area is 155 Å². The molecule has 1 aromatic heterocycles. The number of ether oxygens (including phenoxy) is 1. The SMILES string of the molecule is CCOC(=O)Nc1c(C(=O)c2ccccc2)oc2ccc3ccccc3c12. The summed E-state index contributed by atoms with van der Waals surface area (Å²) >= 11 is 0. The third-order valence-electron chi connectivity index (χ3n) is 4.32.